The first kappa shape index (κ1) is 14.0. The Labute approximate surface area is 128 Å². The van der Waals surface area contributed by atoms with Crippen molar-refractivity contribution in [3.05, 3.63) is 33.8 Å². The van der Waals surface area contributed by atoms with Gasteiger partial charge in [0.1, 0.15) is 0 Å². The lowest BCUT2D eigenvalue weighted by molar-refractivity contribution is 0.0226. The van der Waals surface area contributed by atoms with Crippen LogP contribution in [-0.2, 0) is 0 Å². The molecule has 1 amide bonds. The molecule has 0 radical (unpaired) electrons. The molecule has 0 bridgehead atoms. The Balaban J connectivity index is 1.61. The zero-order chi connectivity index (χ0) is 14.1. The number of nitrogens with one attached hydrogen (secondary N) is 1. The van der Waals surface area contributed by atoms with E-state index in [1.54, 1.807) is 0 Å². The molecule has 2 aliphatic rings. The lowest BCUT2D eigenvalue weighted by atomic mass is 10.0. The maximum Gasteiger partial charge on any atom is 0.255 e. The molecule has 3 rings (SSSR count). The highest BCUT2D eigenvalue weighted by atomic mass is 79.9. The summed E-state index contributed by atoms with van der Waals surface area (Å²) in [4.78, 5) is 16.9. The number of amides is 1. The Bertz CT molecular complexity index is 508. The first-order chi connectivity index (χ1) is 9.66. The summed E-state index contributed by atoms with van der Waals surface area (Å²) in [7, 11) is 0. The average Bonchev–Trinajstić information content (AvgIpc) is 2.41. The van der Waals surface area contributed by atoms with Crippen LogP contribution in [-0.4, -0.2) is 61.0 Å². The van der Waals surface area contributed by atoms with E-state index in [9.17, 15) is 4.79 Å². The van der Waals surface area contributed by atoms with Crippen LogP contribution in [0.4, 0.5) is 0 Å². The summed E-state index contributed by atoms with van der Waals surface area (Å²) in [6.45, 7) is 8.06. The first-order valence-electron chi connectivity index (χ1n) is 7.16. The number of likely N-dealkylation sites (tertiary alicyclic amines) is 1. The fraction of sp³-hybridized carbons (Fsp3) is 0.533. The van der Waals surface area contributed by atoms with Crippen molar-refractivity contribution in [1.82, 2.24) is 15.1 Å². The van der Waals surface area contributed by atoms with Crippen molar-refractivity contribution in [2.45, 2.75) is 13.0 Å². The smallest absolute Gasteiger partial charge is 0.255 e. The van der Waals surface area contributed by atoms with E-state index in [0.29, 0.717) is 6.04 Å². The Morgan fingerprint density at radius 2 is 2.00 bits per heavy atom. The summed E-state index contributed by atoms with van der Waals surface area (Å²) in [6.07, 6.45) is 0. The molecule has 1 aromatic carbocycles. The third-order valence-corrected chi connectivity index (χ3v) is 5.29. The molecule has 2 saturated heterocycles. The van der Waals surface area contributed by atoms with Gasteiger partial charge in [-0.3, -0.25) is 9.69 Å². The maximum absolute atomic E-state index is 12.5. The third kappa shape index (κ3) is 2.62. The van der Waals surface area contributed by atoms with Crippen LogP contribution in [0.25, 0.3) is 0 Å². The highest BCUT2D eigenvalue weighted by Gasteiger charge is 2.35. The number of benzene rings is 1. The Hall–Kier alpha value is -0.910. The summed E-state index contributed by atoms with van der Waals surface area (Å²) < 4.78 is 0.927. The van der Waals surface area contributed by atoms with Gasteiger partial charge in [0.05, 0.1) is 5.56 Å². The van der Waals surface area contributed by atoms with E-state index in [1.165, 1.54) is 0 Å². The summed E-state index contributed by atoms with van der Waals surface area (Å²) >= 11 is 3.53. The molecular weight excluding hydrogens is 318 g/mol. The highest BCUT2D eigenvalue weighted by Crippen LogP contribution is 2.25. The number of carbonyl (C=O) groups excluding carboxylic acids is 1. The molecule has 0 saturated carbocycles. The molecule has 2 heterocycles. The Morgan fingerprint density at radius 3 is 2.70 bits per heavy atom. The van der Waals surface area contributed by atoms with Gasteiger partial charge in [-0.05, 0) is 34.5 Å². The fourth-order valence-corrected chi connectivity index (χ4v) is 3.32. The summed E-state index contributed by atoms with van der Waals surface area (Å²) in [5.41, 5.74) is 1.89. The topological polar surface area (TPSA) is 35.6 Å². The van der Waals surface area contributed by atoms with E-state index in [1.807, 2.05) is 30.0 Å². The van der Waals surface area contributed by atoms with Gasteiger partial charge in [-0.1, -0.05) is 12.1 Å². The summed E-state index contributed by atoms with van der Waals surface area (Å²) in [5.74, 6) is 0.145. The van der Waals surface area contributed by atoms with Crippen LogP contribution < -0.4 is 5.32 Å². The molecule has 108 valence electrons. The van der Waals surface area contributed by atoms with Gasteiger partial charge in [-0.15, -0.1) is 0 Å². The molecule has 0 atom stereocenters. The van der Waals surface area contributed by atoms with E-state index < -0.39 is 0 Å². The number of halogens is 1. The number of aryl methyl sites for hydroxylation is 1. The van der Waals surface area contributed by atoms with Crippen molar-refractivity contribution in [1.29, 1.82) is 0 Å². The molecule has 1 N–H and O–H groups in total. The molecule has 2 aliphatic heterocycles. The second-order valence-electron chi connectivity index (χ2n) is 5.59. The average molecular weight is 338 g/mol. The number of piperazine rings is 1. The monoisotopic (exact) mass is 337 g/mol. The second-order valence-corrected chi connectivity index (χ2v) is 6.38. The van der Waals surface area contributed by atoms with E-state index in [-0.39, 0.29) is 5.91 Å². The van der Waals surface area contributed by atoms with Crippen molar-refractivity contribution >= 4 is 21.8 Å². The number of hydrogen-bond donors (Lipinski definition) is 1. The highest BCUT2D eigenvalue weighted by molar-refractivity contribution is 9.10. The van der Waals surface area contributed by atoms with Gasteiger partial charge < -0.3 is 10.2 Å². The number of rotatable bonds is 2. The quantitative estimate of drug-likeness (QED) is 0.888. The number of nitrogens with zero attached hydrogens (tertiary/aromatic N) is 2. The lowest BCUT2D eigenvalue weighted by Gasteiger charge is -2.46. The summed E-state index contributed by atoms with van der Waals surface area (Å²) in [5, 5.41) is 3.36. The third-order valence-electron chi connectivity index (χ3n) is 4.24. The van der Waals surface area contributed by atoms with Gasteiger partial charge in [0.15, 0.2) is 0 Å². The zero-order valence-electron chi connectivity index (χ0n) is 11.7. The predicted molar refractivity (Wildman–Crippen MR) is 83.0 cm³/mol. The van der Waals surface area contributed by atoms with E-state index in [2.05, 4.69) is 26.1 Å². The van der Waals surface area contributed by atoms with Crippen molar-refractivity contribution in [2.75, 3.05) is 39.3 Å². The van der Waals surface area contributed by atoms with Crippen LogP contribution in [0.1, 0.15) is 15.9 Å². The molecule has 0 aliphatic carbocycles. The molecule has 0 spiro atoms. The molecule has 0 aromatic heterocycles. The predicted octanol–water partition coefficient (Wildman–Crippen LogP) is 1.49. The van der Waals surface area contributed by atoms with E-state index in [4.69, 9.17) is 0 Å². The minimum absolute atomic E-state index is 0.145. The molecule has 1 aromatic rings. The Morgan fingerprint density at radius 1 is 1.30 bits per heavy atom. The summed E-state index contributed by atoms with van der Waals surface area (Å²) in [6, 6.07) is 6.41. The van der Waals surface area contributed by atoms with Gasteiger partial charge in [0.2, 0.25) is 0 Å². The molecule has 20 heavy (non-hydrogen) atoms. The van der Waals surface area contributed by atoms with Gasteiger partial charge in [0, 0.05) is 49.8 Å². The van der Waals surface area contributed by atoms with Crippen molar-refractivity contribution < 1.29 is 4.79 Å². The van der Waals surface area contributed by atoms with Gasteiger partial charge in [0.25, 0.3) is 5.91 Å². The minimum atomic E-state index is 0.145. The Kier molecular flexibility index (Phi) is 4.10. The zero-order valence-corrected chi connectivity index (χ0v) is 13.3. The normalized spacial score (nSPS) is 20.8. The van der Waals surface area contributed by atoms with Crippen LogP contribution in [0.2, 0.25) is 0 Å². The SMILES string of the molecule is Cc1cccc(C(=O)N2CC(N3CCNCC3)C2)c1Br. The lowest BCUT2D eigenvalue weighted by Crippen LogP contribution is -2.63. The van der Waals surface area contributed by atoms with Crippen LogP contribution in [0.5, 0.6) is 0 Å². The number of hydrogen-bond acceptors (Lipinski definition) is 3. The molecule has 0 unspecified atom stereocenters. The van der Waals surface area contributed by atoms with Gasteiger partial charge in [-0.2, -0.15) is 0 Å². The van der Waals surface area contributed by atoms with Gasteiger partial charge in [-0.25, -0.2) is 0 Å². The standard InChI is InChI=1S/C15H20BrN3O/c1-11-3-2-4-13(14(11)16)15(20)19-9-12(10-19)18-7-5-17-6-8-18/h2-4,12,17H,5-10H2,1H3. The van der Waals surface area contributed by atoms with Crippen LogP contribution in [0.3, 0.4) is 0 Å². The maximum atomic E-state index is 12.5. The number of carbonyl (C=O) groups is 1. The van der Waals surface area contributed by atoms with Crippen LogP contribution >= 0.6 is 15.9 Å². The van der Waals surface area contributed by atoms with Gasteiger partial charge >= 0.3 is 0 Å². The molecular formula is C15H20BrN3O. The minimum Gasteiger partial charge on any atom is -0.335 e. The molecule has 4 nitrogen and oxygen atoms in total. The van der Waals surface area contributed by atoms with Crippen LogP contribution in [0, 0.1) is 6.92 Å². The fourth-order valence-electron chi connectivity index (χ4n) is 2.88. The largest absolute Gasteiger partial charge is 0.335 e. The van der Waals surface area contributed by atoms with Crippen LogP contribution in [0.15, 0.2) is 22.7 Å². The molecule has 2 fully saturated rings. The van der Waals surface area contributed by atoms with E-state index in [0.717, 1.165) is 54.9 Å². The second kappa shape index (κ2) is 5.84. The molecule has 5 heteroatoms. The van der Waals surface area contributed by atoms with Crippen molar-refractivity contribution in [3.63, 3.8) is 0 Å². The van der Waals surface area contributed by atoms with E-state index >= 15 is 0 Å². The van der Waals surface area contributed by atoms with Crippen molar-refractivity contribution in [2.24, 2.45) is 0 Å². The first-order valence-corrected chi connectivity index (χ1v) is 7.95. The van der Waals surface area contributed by atoms with Crippen molar-refractivity contribution in [3.8, 4) is 0 Å².